The fourth-order valence-corrected chi connectivity index (χ4v) is 1.85. The third-order valence-electron chi connectivity index (χ3n) is 2.79. The minimum atomic E-state index is -4.58. The van der Waals surface area contributed by atoms with E-state index >= 15 is 0 Å². The first-order valence-electron chi connectivity index (χ1n) is 6.95. The van der Waals surface area contributed by atoms with Crippen molar-refractivity contribution in [1.29, 1.82) is 0 Å². The molecule has 1 N–H and O–H groups in total. The third-order valence-corrected chi connectivity index (χ3v) is 2.79. The number of amides is 2. The summed E-state index contributed by atoms with van der Waals surface area (Å²) in [5, 5.41) is 4.49. The Morgan fingerprint density at radius 2 is 1.88 bits per heavy atom. The molecule has 1 atom stereocenters. The number of alkyl carbamates (subject to hydrolysis) is 1. The predicted molar refractivity (Wildman–Crippen MR) is 79.0 cm³/mol. The molecule has 1 unspecified atom stereocenters. The minimum Gasteiger partial charge on any atom is -0.444 e. The molecule has 0 saturated carbocycles. The van der Waals surface area contributed by atoms with E-state index in [9.17, 15) is 27.7 Å². The predicted octanol–water partition coefficient (Wildman–Crippen LogP) is 3.95. The Bertz CT molecular complexity index is 624. The van der Waals surface area contributed by atoms with Gasteiger partial charge in [0.25, 0.3) is 5.91 Å². The lowest BCUT2D eigenvalue weighted by Gasteiger charge is -2.23. The second-order valence-electron chi connectivity index (χ2n) is 6.01. The molecule has 24 heavy (non-hydrogen) atoms. The number of alkyl halides is 3. The summed E-state index contributed by atoms with van der Waals surface area (Å²) in [5.41, 5.74) is -1.77. The highest BCUT2D eigenvalue weighted by molar-refractivity contribution is 5.78. The summed E-state index contributed by atoms with van der Waals surface area (Å²) in [6.07, 6.45) is -6.09. The molecule has 0 radical (unpaired) electrons. The van der Waals surface area contributed by atoms with Crippen LogP contribution >= 0.6 is 0 Å². The van der Waals surface area contributed by atoms with Crippen molar-refractivity contribution < 1.29 is 27.5 Å². The van der Waals surface area contributed by atoms with E-state index in [0.29, 0.717) is 0 Å². The SMILES string of the molecule is CC(C)(C)OC(=O)NC(CC(=O)N=O)c1cccc(C(F)(F)F)c1. The summed E-state index contributed by atoms with van der Waals surface area (Å²) in [6.45, 7) is 4.80. The van der Waals surface area contributed by atoms with Crippen LogP contribution in [-0.2, 0) is 15.7 Å². The third kappa shape index (κ3) is 6.35. The molecule has 1 rings (SSSR count). The zero-order valence-corrected chi connectivity index (χ0v) is 13.3. The molecule has 1 aromatic rings. The molecular formula is C15H17F3N2O4. The second-order valence-corrected chi connectivity index (χ2v) is 6.01. The van der Waals surface area contributed by atoms with Gasteiger partial charge in [0, 0.05) is 5.18 Å². The molecule has 2 amide bonds. The van der Waals surface area contributed by atoms with Gasteiger partial charge in [-0.05, 0) is 38.5 Å². The number of ether oxygens (including phenoxy) is 1. The van der Waals surface area contributed by atoms with Crippen molar-refractivity contribution in [1.82, 2.24) is 5.32 Å². The zero-order valence-electron chi connectivity index (χ0n) is 13.3. The number of hydrogen-bond donors (Lipinski definition) is 1. The summed E-state index contributed by atoms with van der Waals surface area (Å²) >= 11 is 0. The van der Waals surface area contributed by atoms with Crippen LogP contribution in [0.15, 0.2) is 29.4 Å². The standard InChI is InChI=1S/C15H17F3N2O4/c1-14(2,3)24-13(22)19-11(8-12(21)20-23)9-5-4-6-10(7-9)15(16,17)18/h4-7,11H,8H2,1-3H3,(H,19,22). The van der Waals surface area contributed by atoms with Gasteiger partial charge in [0.15, 0.2) is 0 Å². The summed E-state index contributed by atoms with van der Waals surface area (Å²) < 4.78 is 43.4. The number of benzene rings is 1. The van der Waals surface area contributed by atoms with Gasteiger partial charge in [-0.2, -0.15) is 13.2 Å². The lowest BCUT2D eigenvalue weighted by molar-refractivity contribution is -0.137. The van der Waals surface area contributed by atoms with Gasteiger partial charge in [0.2, 0.25) is 0 Å². The van der Waals surface area contributed by atoms with Crippen molar-refractivity contribution in [2.45, 2.75) is 45.0 Å². The van der Waals surface area contributed by atoms with E-state index in [0.717, 1.165) is 18.2 Å². The molecule has 0 aliphatic heterocycles. The van der Waals surface area contributed by atoms with Crippen LogP contribution in [0.1, 0.15) is 44.4 Å². The molecule has 9 heteroatoms. The molecule has 6 nitrogen and oxygen atoms in total. The van der Waals surface area contributed by atoms with E-state index in [1.807, 2.05) is 0 Å². The van der Waals surface area contributed by atoms with Crippen LogP contribution < -0.4 is 5.32 Å². The number of rotatable bonds is 4. The quantitative estimate of drug-likeness (QED) is 0.837. The van der Waals surface area contributed by atoms with Crippen molar-refractivity contribution in [3.63, 3.8) is 0 Å². The van der Waals surface area contributed by atoms with Gasteiger partial charge in [-0.25, -0.2) is 4.79 Å². The van der Waals surface area contributed by atoms with Crippen LogP contribution in [0, 0.1) is 4.91 Å². The molecule has 0 spiro atoms. The smallest absolute Gasteiger partial charge is 0.416 e. The molecule has 0 aliphatic rings. The maximum absolute atomic E-state index is 12.8. The van der Waals surface area contributed by atoms with Gasteiger partial charge >= 0.3 is 12.3 Å². The van der Waals surface area contributed by atoms with E-state index in [1.54, 1.807) is 20.8 Å². The van der Waals surface area contributed by atoms with Crippen molar-refractivity contribution >= 4 is 12.0 Å². The molecule has 0 saturated heterocycles. The first kappa shape index (κ1) is 19.6. The fraction of sp³-hybridized carbons (Fsp3) is 0.467. The van der Waals surface area contributed by atoms with Crippen LogP contribution in [0.5, 0.6) is 0 Å². The van der Waals surface area contributed by atoms with Gasteiger partial charge in [0.05, 0.1) is 18.0 Å². The normalized spacial score (nSPS) is 13.1. The Hall–Kier alpha value is -2.45. The summed E-state index contributed by atoms with van der Waals surface area (Å²) in [4.78, 5) is 33.4. The molecule has 0 fully saturated rings. The lowest BCUT2D eigenvalue weighted by atomic mass is 10.0. The van der Waals surface area contributed by atoms with Crippen molar-refractivity contribution in [2.24, 2.45) is 5.18 Å². The van der Waals surface area contributed by atoms with Crippen molar-refractivity contribution in [3.05, 3.63) is 40.3 Å². The first-order valence-corrected chi connectivity index (χ1v) is 6.95. The number of nitrogens with zero attached hydrogens (tertiary/aromatic N) is 1. The minimum absolute atomic E-state index is 0.00711. The Balaban J connectivity index is 3.08. The van der Waals surface area contributed by atoms with Crippen LogP contribution in [0.25, 0.3) is 0 Å². The summed E-state index contributed by atoms with van der Waals surface area (Å²) in [6, 6.07) is 2.91. The van der Waals surface area contributed by atoms with E-state index in [1.165, 1.54) is 6.07 Å². The van der Waals surface area contributed by atoms with Gasteiger partial charge in [0.1, 0.15) is 5.60 Å². The van der Waals surface area contributed by atoms with Crippen LogP contribution in [-0.4, -0.2) is 17.6 Å². The average molecular weight is 346 g/mol. The summed E-state index contributed by atoms with van der Waals surface area (Å²) in [7, 11) is 0. The highest BCUT2D eigenvalue weighted by Gasteiger charge is 2.31. The highest BCUT2D eigenvalue weighted by atomic mass is 19.4. The number of nitrogens with one attached hydrogen (secondary N) is 1. The van der Waals surface area contributed by atoms with Crippen molar-refractivity contribution in [2.75, 3.05) is 0 Å². The first-order chi connectivity index (χ1) is 10.9. The maximum atomic E-state index is 12.8. The molecule has 0 aliphatic carbocycles. The molecule has 1 aromatic carbocycles. The average Bonchev–Trinajstić information content (AvgIpc) is 2.43. The maximum Gasteiger partial charge on any atom is 0.416 e. The van der Waals surface area contributed by atoms with E-state index in [4.69, 9.17) is 4.74 Å². The highest BCUT2D eigenvalue weighted by Crippen LogP contribution is 2.31. The van der Waals surface area contributed by atoms with Gasteiger partial charge in [-0.1, -0.05) is 12.1 Å². The van der Waals surface area contributed by atoms with Crippen LogP contribution in [0.4, 0.5) is 18.0 Å². The molecule has 132 valence electrons. The van der Waals surface area contributed by atoms with E-state index < -0.39 is 41.8 Å². The summed E-state index contributed by atoms with van der Waals surface area (Å²) in [5.74, 6) is -1.10. The van der Waals surface area contributed by atoms with Crippen molar-refractivity contribution in [3.8, 4) is 0 Å². The molecular weight excluding hydrogens is 329 g/mol. The fourth-order valence-electron chi connectivity index (χ4n) is 1.85. The Morgan fingerprint density at radius 3 is 2.38 bits per heavy atom. The van der Waals surface area contributed by atoms with E-state index in [-0.39, 0.29) is 5.56 Å². The number of carbonyl (C=O) groups is 2. The number of carbonyl (C=O) groups excluding carboxylic acids is 2. The second kappa shape index (κ2) is 7.41. The topological polar surface area (TPSA) is 84.8 Å². The Kier molecular flexibility index (Phi) is 6.05. The Labute approximate surface area is 136 Å². The number of hydrogen-bond acceptors (Lipinski definition) is 4. The van der Waals surface area contributed by atoms with Gasteiger partial charge in [-0.3, -0.25) is 4.79 Å². The van der Waals surface area contributed by atoms with Crippen LogP contribution in [0.3, 0.4) is 0 Å². The zero-order chi connectivity index (χ0) is 18.5. The Morgan fingerprint density at radius 1 is 1.25 bits per heavy atom. The molecule has 0 aromatic heterocycles. The largest absolute Gasteiger partial charge is 0.444 e. The monoisotopic (exact) mass is 346 g/mol. The number of nitroso groups, excluding NO2 is 1. The van der Waals surface area contributed by atoms with Gasteiger partial charge in [-0.15, -0.1) is 4.91 Å². The number of halogens is 3. The molecule has 0 bridgehead atoms. The lowest BCUT2D eigenvalue weighted by Crippen LogP contribution is -2.35. The van der Waals surface area contributed by atoms with E-state index in [2.05, 4.69) is 10.5 Å². The van der Waals surface area contributed by atoms with Crippen LogP contribution in [0.2, 0.25) is 0 Å². The van der Waals surface area contributed by atoms with Gasteiger partial charge < -0.3 is 10.1 Å². The molecule has 0 heterocycles.